The maximum Gasteiger partial charge on any atom is 0.133 e. The maximum absolute atomic E-state index is 13.1. The predicted octanol–water partition coefficient (Wildman–Crippen LogP) is 1.87. The van der Waals surface area contributed by atoms with Crippen LogP contribution in [0.4, 0.5) is 13.2 Å². The summed E-state index contributed by atoms with van der Waals surface area (Å²) >= 11 is 0. The molecule has 0 radical (unpaired) electrons. The summed E-state index contributed by atoms with van der Waals surface area (Å²) in [6.07, 6.45) is 0.249. The van der Waals surface area contributed by atoms with Gasteiger partial charge in [0.2, 0.25) is 0 Å². The number of halogens is 4. The molecule has 1 atom stereocenters. The molecule has 0 saturated carbocycles. The molecule has 0 aromatic heterocycles. The average Bonchev–Trinajstić information content (AvgIpc) is 2.01. The van der Waals surface area contributed by atoms with E-state index in [4.69, 9.17) is 11.5 Å². The molecule has 0 unspecified atom stereocenters. The normalized spacial score (nSPS) is 12.1. The van der Waals surface area contributed by atoms with Crippen LogP contribution in [0.2, 0.25) is 0 Å². The topological polar surface area (TPSA) is 52.0 Å². The van der Waals surface area contributed by atoms with Gasteiger partial charge in [-0.1, -0.05) is 0 Å². The zero-order valence-corrected chi connectivity index (χ0v) is 8.66. The van der Waals surface area contributed by atoms with Crippen LogP contribution in [-0.4, -0.2) is 6.54 Å². The van der Waals surface area contributed by atoms with E-state index in [0.29, 0.717) is 12.1 Å². The molecule has 4 N–H and O–H groups in total. The molecule has 0 heterocycles. The first-order chi connectivity index (χ1) is 6.56. The number of benzene rings is 1. The summed E-state index contributed by atoms with van der Waals surface area (Å²) in [5, 5.41) is 0. The highest BCUT2D eigenvalue weighted by Gasteiger charge is 2.17. The first-order valence-corrected chi connectivity index (χ1v) is 4.16. The largest absolute Gasteiger partial charge is 0.330 e. The highest BCUT2D eigenvalue weighted by atomic mass is 35.5. The van der Waals surface area contributed by atoms with Crippen molar-refractivity contribution in [3.05, 3.63) is 35.1 Å². The van der Waals surface area contributed by atoms with Crippen molar-refractivity contribution in [3.8, 4) is 0 Å². The number of hydrogen-bond acceptors (Lipinski definition) is 2. The van der Waals surface area contributed by atoms with Crippen LogP contribution >= 0.6 is 12.4 Å². The number of rotatable bonds is 3. The van der Waals surface area contributed by atoms with Crippen LogP contribution in [0.15, 0.2) is 12.1 Å². The van der Waals surface area contributed by atoms with Gasteiger partial charge in [-0.25, -0.2) is 13.2 Å². The minimum absolute atomic E-state index is 0. The lowest BCUT2D eigenvalue weighted by Crippen LogP contribution is -2.18. The molecule has 1 aromatic carbocycles. The van der Waals surface area contributed by atoms with E-state index in [-0.39, 0.29) is 30.9 Å². The first kappa shape index (κ1) is 14.2. The van der Waals surface area contributed by atoms with E-state index in [1.165, 1.54) is 0 Å². The number of nitrogens with two attached hydrogens (primary N) is 2. The van der Waals surface area contributed by atoms with Crippen LogP contribution in [0.1, 0.15) is 18.0 Å². The van der Waals surface area contributed by atoms with Crippen molar-refractivity contribution >= 4 is 12.4 Å². The van der Waals surface area contributed by atoms with E-state index >= 15 is 0 Å². The smallest absolute Gasteiger partial charge is 0.133 e. The zero-order chi connectivity index (χ0) is 10.7. The molecular formula is C9H12ClF3N2. The van der Waals surface area contributed by atoms with Crippen molar-refractivity contribution in [2.75, 3.05) is 6.54 Å². The Kier molecular flexibility index (Phi) is 5.64. The minimum atomic E-state index is -0.969. The summed E-state index contributed by atoms with van der Waals surface area (Å²) in [7, 11) is 0. The van der Waals surface area contributed by atoms with Gasteiger partial charge in [0.25, 0.3) is 0 Å². The van der Waals surface area contributed by atoms with E-state index < -0.39 is 23.5 Å². The average molecular weight is 241 g/mol. The molecule has 2 nitrogen and oxygen atoms in total. The Balaban J connectivity index is 0.00000196. The second-order valence-corrected chi connectivity index (χ2v) is 2.97. The van der Waals surface area contributed by atoms with Gasteiger partial charge < -0.3 is 11.5 Å². The maximum atomic E-state index is 13.1. The van der Waals surface area contributed by atoms with Crippen LogP contribution in [-0.2, 0) is 0 Å². The summed E-state index contributed by atoms with van der Waals surface area (Å²) in [6.45, 7) is 0.220. The highest BCUT2D eigenvalue weighted by Crippen LogP contribution is 2.22. The van der Waals surface area contributed by atoms with Gasteiger partial charge in [0.1, 0.15) is 17.5 Å². The molecule has 0 aliphatic rings. The lowest BCUT2D eigenvalue weighted by molar-refractivity contribution is 0.495. The van der Waals surface area contributed by atoms with Crippen molar-refractivity contribution < 1.29 is 13.2 Å². The molecule has 6 heteroatoms. The first-order valence-electron chi connectivity index (χ1n) is 4.16. The Morgan fingerprint density at radius 3 is 2.00 bits per heavy atom. The highest BCUT2D eigenvalue weighted by molar-refractivity contribution is 5.85. The number of hydrogen-bond donors (Lipinski definition) is 2. The molecule has 0 aliphatic heterocycles. The Morgan fingerprint density at radius 1 is 1.13 bits per heavy atom. The van der Waals surface area contributed by atoms with Crippen molar-refractivity contribution in [1.82, 2.24) is 0 Å². The molecule has 0 aliphatic carbocycles. The van der Waals surface area contributed by atoms with Crippen molar-refractivity contribution in [3.63, 3.8) is 0 Å². The second kappa shape index (κ2) is 5.95. The summed E-state index contributed by atoms with van der Waals surface area (Å²) < 4.78 is 38.7. The fourth-order valence-corrected chi connectivity index (χ4v) is 1.23. The third kappa shape index (κ3) is 3.37. The molecule has 0 fully saturated rings. The lowest BCUT2D eigenvalue weighted by atomic mass is 10.0. The van der Waals surface area contributed by atoms with Crippen LogP contribution < -0.4 is 11.5 Å². The third-order valence-corrected chi connectivity index (χ3v) is 1.89. The van der Waals surface area contributed by atoms with E-state index in [1.54, 1.807) is 0 Å². The van der Waals surface area contributed by atoms with Gasteiger partial charge in [-0.05, 0) is 13.0 Å². The molecule has 86 valence electrons. The molecular weight excluding hydrogens is 229 g/mol. The molecule has 15 heavy (non-hydrogen) atoms. The Morgan fingerprint density at radius 2 is 1.60 bits per heavy atom. The van der Waals surface area contributed by atoms with Gasteiger partial charge in [-0.3, -0.25) is 0 Å². The molecule has 0 saturated heterocycles. The van der Waals surface area contributed by atoms with Gasteiger partial charge in [0.15, 0.2) is 0 Å². The van der Waals surface area contributed by atoms with E-state index in [9.17, 15) is 13.2 Å². The monoisotopic (exact) mass is 240 g/mol. The molecule has 0 bridgehead atoms. The van der Waals surface area contributed by atoms with E-state index in [0.717, 1.165) is 0 Å². The summed E-state index contributed by atoms with van der Waals surface area (Å²) in [6, 6.07) is 0.379. The predicted molar refractivity (Wildman–Crippen MR) is 54.2 cm³/mol. The summed E-state index contributed by atoms with van der Waals surface area (Å²) in [5.41, 5.74) is 10.4. The van der Waals surface area contributed by atoms with E-state index in [1.807, 2.05) is 0 Å². The van der Waals surface area contributed by atoms with Crippen molar-refractivity contribution in [1.29, 1.82) is 0 Å². The molecule has 0 spiro atoms. The molecule has 0 amide bonds. The van der Waals surface area contributed by atoms with Crippen LogP contribution in [0, 0.1) is 17.5 Å². The fourth-order valence-electron chi connectivity index (χ4n) is 1.23. The third-order valence-electron chi connectivity index (χ3n) is 1.89. The minimum Gasteiger partial charge on any atom is -0.330 e. The van der Waals surface area contributed by atoms with Gasteiger partial charge in [0.05, 0.1) is 0 Å². The van der Waals surface area contributed by atoms with Crippen molar-refractivity contribution in [2.24, 2.45) is 11.5 Å². The SMILES string of the molecule is Cl.NCC[C@H](N)c1c(F)cc(F)cc1F. The van der Waals surface area contributed by atoms with Crippen molar-refractivity contribution in [2.45, 2.75) is 12.5 Å². The van der Waals surface area contributed by atoms with E-state index in [2.05, 4.69) is 0 Å². The Bertz CT molecular complexity index is 310. The molecule has 1 aromatic rings. The van der Waals surface area contributed by atoms with Crippen LogP contribution in [0.3, 0.4) is 0 Å². The van der Waals surface area contributed by atoms with Crippen LogP contribution in [0.5, 0.6) is 0 Å². The zero-order valence-electron chi connectivity index (χ0n) is 7.84. The quantitative estimate of drug-likeness (QED) is 0.848. The van der Waals surface area contributed by atoms with Gasteiger partial charge in [0, 0.05) is 23.7 Å². The molecule has 1 rings (SSSR count). The summed E-state index contributed by atoms with van der Waals surface area (Å²) in [4.78, 5) is 0. The Labute approximate surface area is 91.9 Å². The van der Waals surface area contributed by atoms with Gasteiger partial charge >= 0.3 is 0 Å². The fraction of sp³-hybridized carbons (Fsp3) is 0.333. The van der Waals surface area contributed by atoms with Crippen LogP contribution in [0.25, 0.3) is 0 Å². The van der Waals surface area contributed by atoms with Gasteiger partial charge in [-0.15, -0.1) is 12.4 Å². The Hall–Kier alpha value is -0.780. The van der Waals surface area contributed by atoms with Gasteiger partial charge in [-0.2, -0.15) is 0 Å². The lowest BCUT2D eigenvalue weighted by Gasteiger charge is -2.12. The second-order valence-electron chi connectivity index (χ2n) is 2.97. The standard InChI is InChI=1S/C9H11F3N2.ClH/c10-5-3-6(11)9(7(12)4-5)8(14)1-2-13;/h3-4,8H,1-2,13-14H2;1H/t8-;/m0./s1. The summed E-state index contributed by atoms with van der Waals surface area (Å²) in [5.74, 6) is -2.89.